The molecule has 0 N–H and O–H groups in total. The van der Waals surface area contributed by atoms with Crippen LogP contribution in [0.1, 0.15) is 13.8 Å². The van der Waals surface area contributed by atoms with E-state index in [-0.39, 0.29) is 5.91 Å². The van der Waals surface area contributed by atoms with Gasteiger partial charge in [0.2, 0.25) is 0 Å². The zero-order valence-corrected chi connectivity index (χ0v) is 13.4. The Kier molecular flexibility index (Phi) is 4.11. The van der Waals surface area contributed by atoms with Crippen LogP contribution in [0.15, 0.2) is 0 Å². The van der Waals surface area contributed by atoms with Gasteiger partial charge in [0.25, 0.3) is 23.0 Å². The Hall–Kier alpha value is -1.42. The van der Waals surface area contributed by atoms with E-state index in [9.17, 15) is 19.2 Å². The van der Waals surface area contributed by atoms with Crippen molar-refractivity contribution in [1.29, 1.82) is 0 Å². The van der Waals surface area contributed by atoms with E-state index in [4.69, 9.17) is 9.47 Å². The molecule has 10 heteroatoms. The third kappa shape index (κ3) is 2.35. The zero-order valence-electron chi connectivity index (χ0n) is 11.8. The molecule has 21 heavy (non-hydrogen) atoms. The maximum absolute atomic E-state index is 12.6. The molecule has 0 aromatic heterocycles. The van der Waals surface area contributed by atoms with Crippen molar-refractivity contribution in [3.63, 3.8) is 0 Å². The first-order chi connectivity index (χ1) is 9.71. The Balaban J connectivity index is 2.47. The van der Waals surface area contributed by atoms with Crippen molar-refractivity contribution >= 4 is 45.3 Å². The Morgan fingerprint density at radius 3 is 2.19 bits per heavy atom. The lowest BCUT2D eigenvalue weighted by atomic mass is 10.1. The molecule has 3 heterocycles. The van der Waals surface area contributed by atoms with Gasteiger partial charge in [0.15, 0.2) is 5.37 Å². The molecule has 3 aliphatic rings. The van der Waals surface area contributed by atoms with E-state index >= 15 is 0 Å². The second-order valence-corrected chi connectivity index (χ2v) is 7.10. The van der Waals surface area contributed by atoms with E-state index in [1.807, 2.05) is 0 Å². The molecule has 0 spiro atoms. The number of fused-ring (bicyclic) bond motifs is 3. The summed E-state index contributed by atoms with van der Waals surface area (Å²) >= 11 is 0. The van der Waals surface area contributed by atoms with Crippen LogP contribution in [0.5, 0.6) is 0 Å². The molecule has 8 nitrogen and oxygen atoms in total. The Morgan fingerprint density at radius 1 is 1.19 bits per heavy atom. The van der Waals surface area contributed by atoms with Crippen molar-refractivity contribution < 1.29 is 28.7 Å². The highest BCUT2D eigenvalue weighted by molar-refractivity contribution is 8.78. The predicted molar refractivity (Wildman–Crippen MR) is 74.6 cm³/mol. The van der Waals surface area contributed by atoms with Gasteiger partial charge < -0.3 is 19.3 Å². The summed E-state index contributed by atoms with van der Waals surface area (Å²) in [5, 5.41) is -0.635. The number of hydrogen-bond acceptors (Lipinski definition) is 8. The van der Waals surface area contributed by atoms with Crippen LogP contribution < -0.4 is 0 Å². The molecule has 2 amide bonds. The highest BCUT2D eigenvalue weighted by atomic mass is 33.1. The van der Waals surface area contributed by atoms with Crippen LogP contribution in [0.25, 0.3) is 0 Å². The number of nitrogens with zero attached hydrogens (tertiary/aromatic N) is 2. The van der Waals surface area contributed by atoms with Gasteiger partial charge in [-0.1, -0.05) is 10.8 Å². The topological polar surface area (TPSA) is 93.2 Å². The SMILES string of the molecule is CC(=O)OC(OC(C)=O)C12SSC(C(=O)N1C)N(C)C2=O. The van der Waals surface area contributed by atoms with Gasteiger partial charge in [0, 0.05) is 27.9 Å². The van der Waals surface area contributed by atoms with Crippen molar-refractivity contribution in [2.75, 3.05) is 14.1 Å². The fourth-order valence-electron chi connectivity index (χ4n) is 2.10. The Morgan fingerprint density at radius 2 is 1.71 bits per heavy atom. The molecular weight excluding hydrogens is 320 g/mol. The van der Waals surface area contributed by atoms with Crippen LogP contribution in [-0.2, 0) is 28.7 Å². The lowest BCUT2D eigenvalue weighted by Gasteiger charge is -2.54. The van der Waals surface area contributed by atoms with Gasteiger partial charge in [-0.15, -0.1) is 0 Å². The molecule has 3 rings (SSSR count). The van der Waals surface area contributed by atoms with Crippen LogP contribution in [-0.4, -0.2) is 64.2 Å². The average Bonchev–Trinajstić information content (AvgIpc) is 2.37. The van der Waals surface area contributed by atoms with Crippen LogP contribution in [0.4, 0.5) is 0 Å². The molecule has 2 atom stereocenters. The minimum absolute atomic E-state index is 0.315. The van der Waals surface area contributed by atoms with Crippen LogP contribution in [0.3, 0.4) is 0 Å². The first kappa shape index (κ1) is 16.0. The molecule has 3 saturated heterocycles. The third-order valence-electron chi connectivity index (χ3n) is 3.15. The summed E-state index contributed by atoms with van der Waals surface area (Å²) in [6.07, 6.45) is -1.50. The average molecular weight is 334 g/mol. The molecule has 0 aromatic carbocycles. The molecule has 2 bridgehead atoms. The van der Waals surface area contributed by atoms with Crippen molar-refractivity contribution in [2.24, 2.45) is 0 Å². The lowest BCUT2D eigenvalue weighted by Crippen LogP contribution is -2.74. The smallest absolute Gasteiger partial charge is 0.305 e. The van der Waals surface area contributed by atoms with E-state index in [2.05, 4.69) is 0 Å². The van der Waals surface area contributed by atoms with E-state index in [1.165, 1.54) is 34.7 Å². The van der Waals surface area contributed by atoms with Gasteiger partial charge in [0.1, 0.15) is 0 Å². The molecule has 0 aliphatic carbocycles. The second-order valence-electron chi connectivity index (χ2n) is 4.59. The first-order valence-corrected chi connectivity index (χ1v) is 8.17. The van der Waals surface area contributed by atoms with Crippen LogP contribution in [0.2, 0.25) is 0 Å². The molecule has 0 aromatic rings. The summed E-state index contributed by atoms with van der Waals surface area (Å²) in [6.45, 7) is 2.27. The van der Waals surface area contributed by atoms with E-state index in [0.29, 0.717) is 0 Å². The summed E-state index contributed by atoms with van der Waals surface area (Å²) < 4.78 is 10.00. The van der Waals surface area contributed by atoms with Gasteiger partial charge >= 0.3 is 11.9 Å². The number of piperazine rings is 1. The van der Waals surface area contributed by atoms with Gasteiger partial charge in [-0.25, -0.2) is 0 Å². The minimum atomic E-state index is -1.61. The number of carbonyl (C=O) groups is 4. The molecule has 116 valence electrons. The summed E-state index contributed by atoms with van der Waals surface area (Å²) in [4.78, 5) is 48.2. The van der Waals surface area contributed by atoms with Crippen LogP contribution in [0, 0.1) is 0 Å². The van der Waals surface area contributed by atoms with E-state index in [0.717, 1.165) is 24.6 Å². The number of hydrogen-bond donors (Lipinski definition) is 0. The minimum Gasteiger partial charge on any atom is -0.421 e. The standard InChI is InChI=1S/C11H14N2O6S2/c1-5(14)18-10(19-6(2)15)11-9(17)12(3)8(20-21-11)7(16)13(11)4/h8,10H,1-4H3. The van der Waals surface area contributed by atoms with Crippen molar-refractivity contribution in [1.82, 2.24) is 9.80 Å². The number of ether oxygens (including phenoxy) is 2. The van der Waals surface area contributed by atoms with Gasteiger partial charge in [-0.2, -0.15) is 0 Å². The Bertz CT molecular complexity index is 511. The normalized spacial score (nSPS) is 28.1. The van der Waals surface area contributed by atoms with Crippen LogP contribution >= 0.6 is 21.6 Å². The number of rotatable bonds is 3. The molecule has 2 unspecified atom stereocenters. The molecule has 0 saturated carbocycles. The molecule has 0 radical (unpaired) electrons. The van der Waals surface area contributed by atoms with Gasteiger partial charge in [0.05, 0.1) is 0 Å². The summed E-state index contributed by atoms with van der Waals surface area (Å²) in [5.74, 6) is -2.20. The Labute approximate surface area is 128 Å². The molecule has 3 fully saturated rings. The maximum Gasteiger partial charge on any atom is 0.305 e. The highest BCUT2D eigenvalue weighted by Crippen LogP contribution is 2.54. The largest absolute Gasteiger partial charge is 0.421 e. The van der Waals surface area contributed by atoms with Gasteiger partial charge in [-0.3, -0.25) is 19.2 Å². The number of carbonyl (C=O) groups excluding carboxylic acids is 4. The summed E-state index contributed by atoms with van der Waals surface area (Å²) in [6, 6.07) is 0. The summed E-state index contributed by atoms with van der Waals surface area (Å²) in [5.41, 5.74) is 0. The zero-order chi connectivity index (χ0) is 15.9. The highest BCUT2D eigenvalue weighted by Gasteiger charge is 2.66. The fourth-order valence-corrected chi connectivity index (χ4v) is 5.53. The molecule has 3 aliphatic heterocycles. The summed E-state index contributed by atoms with van der Waals surface area (Å²) in [7, 11) is 5.13. The van der Waals surface area contributed by atoms with Gasteiger partial charge in [-0.05, 0) is 10.8 Å². The van der Waals surface area contributed by atoms with E-state index < -0.39 is 34.4 Å². The van der Waals surface area contributed by atoms with Crippen molar-refractivity contribution in [2.45, 2.75) is 30.4 Å². The number of amides is 2. The fraction of sp³-hybridized carbons (Fsp3) is 0.636. The maximum atomic E-state index is 12.6. The van der Waals surface area contributed by atoms with Crippen molar-refractivity contribution in [3.05, 3.63) is 0 Å². The second kappa shape index (κ2) is 5.41. The third-order valence-corrected chi connectivity index (χ3v) is 6.44. The first-order valence-electron chi connectivity index (χ1n) is 5.95. The number of esters is 2. The number of likely N-dealkylation sites (N-methyl/N-ethyl adjacent to an activating group) is 2. The van der Waals surface area contributed by atoms with Crippen molar-refractivity contribution in [3.8, 4) is 0 Å². The molecular formula is C11H14N2O6S2. The lowest BCUT2D eigenvalue weighted by molar-refractivity contribution is -0.208. The predicted octanol–water partition coefficient (Wildman–Crippen LogP) is -0.214. The monoisotopic (exact) mass is 334 g/mol. The quantitative estimate of drug-likeness (QED) is 0.397. The van der Waals surface area contributed by atoms with E-state index in [1.54, 1.807) is 0 Å².